The van der Waals surface area contributed by atoms with Crippen molar-refractivity contribution < 1.29 is 14.7 Å². The number of benzene rings is 2. The molecule has 2 N–H and O–H groups in total. The summed E-state index contributed by atoms with van der Waals surface area (Å²) in [5.41, 5.74) is 2.89. The lowest BCUT2D eigenvalue weighted by molar-refractivity contribution is -0.116. The second kappa shape index (κ2) is 8.26. The van der Waals surface area contributed by atoms with Gasteiger partial charge in [-0.2, -0.15) is 0 Å². The summed E-state index contributed by atoms with van der Waals surface area (Å²) < 4.78 is 2.17. The number of rotatable bonds is 6. The largest absolute Gasteiger partial charge is 0.478 e. The molecule has 0 saturated heterocycles. The number of carbonyl (C=O) groups is 2. The molecular weight excluding hydrogens is 368 g/mol. The number of nitrogens with one attached hydrogen (secondary N) is 1. The minimum atomic E-state index is -0.954. The smallest absolute Gasteiger partial charge is 0.335 e. The van der Waals surface area contributed by atoms with Gasteiger partial charge in [0.2, 0.25) is 5.91 Å². The Bertz CT molecular complexity index is 1020. The number of anilines is 1. The monoisotopic (exact) mass is 390 g/mol. The quantitative estimate of drug-likeness (QED) is 0.671. The number of aryl methyl sites for hydroxylation is 2. The van der Waals surface area contributed by atoms with Crippen LogP contribution >= 0.6 is 0 Å². The lowest BCUT2D eigenvalue weighted by Crippen LogP contribution is -2.12. The van der Waals surface area contributed by atoms with Crippen molar-refractivity contribution in [2.75, 3.05) is 5.32 Å². The molecule has 0 spiro atoms. The van der Waals surface area contributed by atoms with Gasteiger partial charge in [0.15, 0.2) is 5.82 Å². The highest BCUT2D eigenvalue weighted by atomic mass is 16.4. The SMILES string of the molecule is O=C(CCc1ccc(C(=O)O)cc1)Nc1ccc(-c2nnc3n2CCCC3)cc1. The van der Waals surface area contributed by atoms with Crippen LogP contribution in [0.4, 0.5) is 5.69 Å². The van der Waals surface area contributed by atoms with E-state index in [9.17, 15) is 9.59 Å². The van der Waals surface area contributed by atoms with Gasteiger partial charge in [-0.05, 0) is 61.2 Å². The van der Waals surface area contributed by atoms with Crippen molar-refractivity contribution in [1.29, 1.82) is 0 Å². The molecule has 4 rings (SSSR count). The summed E-state index contributed by atoms with van der Waals surface area (Å²) in [6.45, 7) is 0.948. The van der Waals surface area contributed by atoms with E-state index in [1.54, 1.807) is 24.3 Å². The number of amides is 1. The molecule has 3 aromatic rings. The molecule has 1 aliphatic heterocycles. The van der Waals surface area contributed by atoms with Gasteiger partial charge in [0.25, 0.3) is 0 Å². The van der Waals surface area contributed by atoms with E-state index in [1.807, 2.05) is 24.3 Å². The molecule has 29 heavy (non-hydrogen) atoms. The summed E-state index contributed by atoms with van der Waals surface area (Å²) in [4.78, 5) is 23.1. The maximum Gasteiger partial charge on any atom is 0.335 e. The Labute approximate surface area is 168 Å². The Morgan fingerprint density at radius 2 is 1.76 bits per heavy atom. The van der Waals surface area contributed by atoms with Gasteiger partial charge in [-0.15, -0.1) is 10.2 Å². The van der Waals surface area contributed by atoms with Crippen molar-refractivity contribution in [1.82, 2.24) is 14.8 Å². The fraction of sp³-hybridized carbons (Fsp3) is 0.273. The van der Waals surface area contributed by atoms with E-state index in [-0.39, 0.29) is 11.5 Å². The molecular formula is C22H22N4O3. The number of carbonyl (C=O) groups excluding carboxylic acids is 1. The summed E-state index contributed by atoms with van der Waals surface area (Å²) >= 11 is 0. The summed E-state index contributed by atoms with van der Waals surface area (Å²) in [5.74, 6) is 0.881. The van der Waals surface area contributed by atoms with Gasteiger partial charge in [-0.3, -0.25) is 4.79 Å². The molecule has 0 unspecified atom stereocenters. The number of aromatic carboxylic acids is 1. The average Bonchev–Trinajstić information content (AvgIpc) is 3.17. The third kappa shape index (κ3) is 4.34. The van der Waals surface area contributed by atoms with Crippen LogP contribution in [0.1, 0.15) is 41.0 Å². The summed E-state index contributed by atoms with van der Waals surface area (Å²) in [7, 11) is 0. The fourth-order valence-electron chi connectivity index (χ4n) is 3.52. The normalized spacial score (nSPS) is 13.0. The minimum absolute atomic E-state index is 0.0834. The molecule has 7 nitrogen and oxygen atoms in total. The highest BCUT2D eigenvalue weighted by molar-refractivity contribution is 5.91. The molecule has 0 aliphatic carbocycles. The molecule has 148 valence electrons. The van der Waals surface area contributed by atoms with Crippen molar-refractivity contribution in [2.24, 2.45) is 0 Å². The number of fused-ring (bicyclic) bond motifs is 1. The fourth-order valence-corrected chi connectivity index (χ4v) is 3.52. The number of hydrogen-bond donors (Lipinski definition) is 2. The van der Waals surface area contributed by atoms with Gasteiger partial charge in [0, 0.05) is 30.6 Å². The van der Waals surface area contributed by atoms with Crippen molar-refractivity contribution in [3.8, 4) is 11.4 Å². The predicted octanol–water partition coefficient (Wildman–Crippen LogP) is 3.55. The summed E-state index contributed by atoms with van der Waals surface area (Å²) in [5, 5.41) is 20.4. The molecule has 1 aromatic heterocycles. The molecule has 2 heterocycles. The first-order valence-electron chi connectivity index (χ1n) is 9.75. The molecule has 0 fully saturated rings. The van der Waals surface area contributed by atoms with Gasteiger partial charge >= 0.3 is 5.97 Å². The van der Waals surface area contributed by atoms with Crippen LogP contribution in [-0.2, 0) is 24.2 Å². The van der Waals surface area contributed by atoms with E-state index in [2.05, 4.69) is 20.1 Å². The highest BCUT2D eigenvalue weighted by Crippen LogP contribution is 2.24. The Balaban J connectivity index is 1.34. The molecule has 2 aromatic carbocycles. The van der Waals surface area contributed by atoms with Crippen LogP contribution in [0.3, 0.4) is 0 Å². The zero-order chi connectivity index (χ0) is 20.2. The first kappa shape index (κ1) is 18.9. The molecule has 7 heteroatoms. The number of carboxylic acids is 1. The van der Waals surface area contributed by atoms with Crippen molar-refractivity contribution in [3.05, 3.63) is 65.5 Å². The van der Waals surface area contributed by atoms with Gasteiger partial charge in [0.05, 0.1) is 5.56 Å². The number of hydrogen-bond acceptors (Lipinski definition) is 4. The van der Waals surface area contributed by atoms with E-state index >= 15 is 0 Å². The van der Waals surface area contributed by atoms with E-state index in [0.29, 0.717) is 12.8 Å². The molecule has 0 radical (unpaired) electrons. The number of carboxylic acid groups (broad SMARTS) is 1. The molecule has 0 saturated carbocycles. The predicted molar refractivity (Wildman–Crippen MR) is 109 cm³/mol. The van der Waals surface area contributed by atoms with Crippen LogP contribution in [0, 0.1) is 0 Å². The van der Waals surface area contributed by atoms with E-state index < -0.39 is 5.97 Å². The van der Waals surface area contributed by atoms with Gasteiger partial charge in [0.1, 0.15) is 5.82 Å². The maximum atomic E-state index is 12.2. The first-order valence-corrected chi connectivity index (χ1v) is 9.75. The third-order valence-corrected chi connectivity index (χ3v) is 5.13. The van der Waals surface area contributed by atoms with Gasteiger partial charge in [-0.25, -0.2) is 4.79 Å². The lowest BCUT2D eigenvalue weighted by Gasteiger charge is -2.14. The Hall–Kier alpha value is -3.48. The standard InChI is InChI=1S/C22H22N4O3/c27-20(13-6-15-4-7-17(8-5-15)22(28)29)23-18-11-9-16(10-12-18)21-25-24-19-3-1-2-14-26(19)21/h4-5,7-12H,1-3,6,13-14H2,(H,23,27)(H,28,29). The average molecular weight is 390 g/mol. The van der Waals surface area contributed by atoms with Crippen molar-refractivity contribution in [2.45, 2.75) is 38.6 Å². The Morgan fingerprint density at radius 1 is 1.00 bits per heavy atom. The van der Waals surface area contributed by atoms with E-state index in [4.69, 9.17) is 5.11 Å². The molecule has 1 aliphatic rings. The Morgan fingerprint density at radius 3 is 2.48 bits per heavy atom. The van der Waals surface area contributed by atoms with Crippen LogP contribution in [0.15, 0.2) is 48.5 Å². The summed E-state index contributed by atoms with van der Waals surface area (Å²) in [6.07, 6.45) is 4.15. The van der Waals surface area contributed by atoms with Gasteiger partial charge < -0.3 is 15.0 Å². The second-order valence-electron chi connectivity index (χ2n) is 7.18. The zero-order valence-electron chi connectivity index (χ0n) is 16.0. The maximum absolute atomic E-state index is 12.2. The summed E-state index contributed by atoms with van der Waals surface area (Å²) in [6, 6.07) is 14.2. The highest BCUT2D eigenvalue weighted by Gasteiger charge is 2.16. The number of aromatic nitrogens is 3. The third-order valence-electron chi connectivity index (χ3n) is 5.13. The van der Waals surface area contributed by atoms with Crippen LogP contribution in [0.2, 0.25) is 0 Å². The molecule has 1 amide bonds. The first-order chi connectivity index (χ1) is 14.1. The lowest BCUT2D eigenvalue weighted by atomic mass is 10.1. The van der Waals surface area contributed by atoms with Crippen LogP contribution in [-0.4, -0.2) is 31.7 Å². The molecule has 0 atom stereocenters. The van der Waals surface area contributed by atoms with Crippen LogP contribution in [0.5, 0.6) is 0 Å². The minimum Gasteiger partial charge on any atom is -0.478 e. The van der Waals surface area contributed by atoms with Gasteiger partial charge in [-0.1, -0.05) is 12.1 Å². The van der Waals surface area contributed by atoms with E-state index in [0.717, 1.165) is 54.3 Å². The topological polar surface area (TPSA) is 97.1 Å². The van der Waals surface area contributed by atoms with Crippen molar-refractivity contribution in [3.63, 3.8) is 0 Å². The van der Waals surface area contributed by atoms with Crippen LogP contribution < -0.4 is 5.32 Å². The zero-order valence-corrected chi connectivity index (χ0v) is 16.0. The second-order valence-corrected chi connectivity index (χ2v) is 7.18. The van der Waals surface area contributed by atoms with Crippen LogP contribution in [0.25, 0.3) is 11.4 Å². The molecule has 0 bridgehead atoms. The Kier molecular flexibility index (Phi) is 5.37. The number of nitrogens with zero attached hydrogens (tertiary/aromatic N) is 3. The van der Waals surface area contributed by atoms with Crippen molar-refractivity contribution >= 4 is 17.6 Å². The van der Waals surface area contributed by atoms with E-state index in [1.165, 1.54) is 0 Å².